The van der Waals surface area contributed by atoms with E-state index in [9.17, 15) is 8.42 Å². The Morgan fingerprint density at radius 3 is 2.48 bits per heavy atom. The van der Waals surface area contributed by atoms with E-state index in [2.05, 4.69) is 11.1 Å². The first-order chi connectivity index (χ1) is 14.9. The van der Waals surface area contributed by atoms with Gasteiger partial charge in [-0.15, -0.1) is 11.3 Å². The number of pyridine rings is 1. The van der Waals surface area contributed by atoms with Crippen LogP contribution in [0.15, 0.2) is 53.7 Å². The van der Waals surface area contributed by atoms with E-state index < -0.39 is 10.0 Å². The van der Waals surface area contributed by atoms with E-state index in [1.807, 2.05) is 26.1 Å². The number of aryl methyl sites for hydroxylation is 2. The molecule has 5 rings (SSSR count). The summed E-state index contributed by atoms with van der Waals surface area (Å²) >= 11 is 1.60. The van der Waals surface area contributed by atoms with Gasteiger partial charge in [-0.25, -0.2) is 22.4 Å². The molecule has 7 heteroatoms. The predicted octanol–water partition coefficient (Wildman–Crippen LogP) is 6.06. The highest BCUT2D eigenvalue weighted by Gasteiger charge is 2.25. The van der Waals surface area contributed by atoms with E-state index >= 15 is 0 Å². The third kappa shape index (κ3) is 3.59. The van der Waals surface area contributed by atoms with Crippen molar-refractivity contribution in [2.24, 2.45) is 0 Å². The molecule has 0 bridgehead atoms. The molecule has 0 amide bonds. The van der Waals surface area contributed by atoms with Crippen molar-refractivity contribution in [2.45, 2.75) is 56.8 Å². The summed E-state index contributed by atoms with van der Waals surface area (Å²) in [5, 5.41) is 1.70. The lowest BCUT2D eigenvalue weighted by Gasteiger charge is -2.21. The van der Waals surface area contributed by atoms with Crippen LogP contribution in [0.25, 0.3) is 21.6 Å². The van der Waals surface area contributed by atoms with E-state index in [0.717, 1.165) is 26.5 Å². The third-order valence-electron chi connectivity index (χ3n) is 6.27. The summed E-state index contributed by atoms with van der Waals surface area (Å²) in [7, 11) is -3.76. The highest BCUT2D eigenvalue weighted by Crippen LogP contribution is 2.38. The molecule has 1 saturated carbocycles. The first-order valence-corrected chi connectivity index (χ1v) is 13.0. The number of rotatable bonds is 4. The minimum atomic E-state index is -3.76. The van der Waals surface area contributed by atoms with Crippen molar-refractivity contribution in [1.29, 1.82) is 0 Å². The Bertz CT molecular complexity index is 1330. The average molecular weight is 452 g/mol. The summed E-state index contributed by atoms with van der Waals surface area (Å²) in [6.45, 7) is 4.03. The molecule has 1 aliphatic carbocycles. The van der Waals surface area contributed by atoms with E-state index in [4.69, 9.17) is 4.98 Å². The molecule has 0 aliphatic heterocycles. The van der Waals surface area contributed by atoms with E-state index in [1.54, 1.807) is 41.8 Å². The fourth-order valence-electron chi connectivity index (χ4n) is 4.40. The normalized spacial score (nSPS) is 15.5. The highest BCUT2D eigenvalue weighted by atomic mass is 32.2. The van der Waals surface area contributed by atoms with Crippen LogP contribution in [0.2, 0.25) is 0 Å². The minimum Gasteiger partial charge on any atom is -0.241 e. The van der Waals surface area contributed by atoms with Gasteiger partial charge in [0, 0.05) is 28.2 Å². The van der Waals surface area contributed by atoms with Crippen LogP contribution in [-0.4, -0.2) is 22.4 Å². The molecule has 3 aromatic heterocycles. The smallest absolute Gasteiger partial charge is 0.241 e. The zero-order chi connectivity index (χ0) is 21.6. The van der Waals surface area contributed by atoms with Crippen molar-refractivity contribution in [3.05, 3.63) is 64.9 Å². The fraction of sp³-hybridized carbons (Fsp3) is 0.333. The molecule has 0 N–H and O–H groups in total. The Morgan fingerprint density at radius 1 is 1.06 bits per heavy atom. The maximum atomic E-state index is 13.5. The lowest BCUT2D eigenvalue weighted by atomic mass is 9.84. The van der Waals surface area contributed by atoms with Crippen molar-refractivity contribution >= 4 is 32.4 Å². The van der Waals surface area contributed by atoms with Crippen LogP contribution in [0, 0.1) is 13.8 Å². The number of nitrogens with zero attached hydrogens (tertiary/aromatic N) is 3. The summed E-state index contributed by atoms with van der Waals surface area (Å²) in [5.74, 6) is 0.493. The standard InChI is InChI=1S/C24H25N3O2S2/c1-16-17(2)30-24(26-16)22-15-27(31(28,29)20-11-7-4-8-12-20)23-21(22)13-19(14-25-23)18-9-5-3-6-10-18/h4,7-8,11-15,18H,3,5-6,9-10H2,1-2H3. The van der Waals surface area contributed by atoms with Crippen LogP contribution < -0.4 is 0 Å². The zero-order valence-electron chi connectivity index (χ0n) is 17.7. The SMILES string of the molecule is Cc1nc(-c2cn(S(=O)(=O)c3ccccc3)c3ncc(C4CCCCC4)cc23)sc1C. The molecule has 5 nitrogen and oxygen atoms in total. The lowest BCUT2D eigenvalue weighted by molar-refractivity contribution is 0.443. The minimum absolute atomic E-state index is 0.253. The largest absolute Gasteiger partial charge is 0.269 e. The maximum Gasteiger partial charge on any atom is 0.269 e. The van der Waals surface area contributed by atoms with E-state index in [1.165, 1.54) is 41.6 Å². The van der Waals surface area contributed by atoms with Gasteiger partial charge in [-0.3, -0.25) is 0 Å². The molecule has 0 radical (unpaired) electrons. The van der Waals surface area contributed by atoms with Gasteiger partial charge < -0.3 is 0 Å². The van der Waals surface area contributed by atoms with Gasteiger partial charge in [-0.2, -0.15) is 0 Å². The highest BCUT2D eigenvalue weighted by molar-refractivity contribution is 7.90. The molecular weight excluding hydrogens is 426 g/mol. The van der Waals surface area contributed by atoms with Gasteiger partial charge >= 0.3 is 0 Å². The van der Waals surface area contributed by atoms with Crippen LogP contribution in [0.5, 0.6) is 0 Å². The Balaban J connectivity index is 1.73. The topological polar surface area (TPSA) is 64.8 Å². The van der Waals surface area contributed by atoms with Gasteiger partial charge in [0.2, 0.25) is 0 Å². The molecule has 0 spiro atoms. The number of hydrogen-bond donors (Lipinski definition) is 0. The van der Waals surface area contributed by atoms with Crippen LogP contribution in [0.4, 0.5) is 0 Å². The van der Waals surface area contributed by atoms with Crippen LogP contribution >= 0.6 is 11.3 Å². The first kappa shape index (κ1) is 20.4. The van der Waals surface area contributed by atoms with Gasteiger partial charge in [-0.05, 0) is 56.4 Å². The molecule has 4 aromatic rings. The monoisotopic (exact) mass is 451 g/mol. The van der Waals surface area contributed by atoms with Gasteiger partial charge in [0.15, 0.2) is 5.65 Å². The van der Waals surface area contributed by atoms with Crippen molar-refractivity contribution in [3.8, 4) is 10.6 Å². The Kier molecular flexibility index (Phi) is 5.18. The van der Waals surface area contributed by atoms with Crippen LogP contribution in [0.3, 0.4) is 0 Å². The Hall–Kier alpha value is -2.51. The Morgan fingerprint density at radius 2 is 1.81 bits per heavy atom. The third-order valence-corrected chi connectivity index (χ3v) is 9.04. The number of benzene rings is 1. The van der Waals surface area contributed by atoms with Crippen molar-refractivity contribution < 1.29 is 8.42 Å². The number of aromatic nitrogens is 3. The first-order valence-electron chi connectivity index (χ1n) is 10.7. The average Bonchev–Trinajstić information content (AvgIpc) is 3.34. The predicted molar refractivity (Wildman–Crippen MR) is 125 cm³/mol. The molecular formula is C24H25N3O2S2. The molecule has 1 fully saturated rings. The molecule has 3 heterocycles. The molecule has 0 saturated heterocycles. The fourth-order valence-corrected chi connectivity index (χ4v) is 6.69. The number of thiazole rings is 1. The van der Waals surface area contributed by atoms with E-state index in [-0.39, 0.29) is 4.90 Å². The van der Waals surface area contributed by atoms with Gasteiger partial charge in [0.05, 0.1) is 10.6 Å². The molecule has 1 aliphatic rings. The zero-order valence-corrected chi connectivity index (χ0v) is 19.3. The van der Waals surface area contributed by atoms with Gasteiger partial charge in [-0.1, -0.05) is 37.5 Å². The number of hydrogen-bond acceptors (Lipinski definition) is 5. The molecule has 160 valence electrons. The number of fused-ring (bicyclic) bond motifs is 1. The summed E-state index contributed by atoms with van der Waals surface area (Å²) < 4.78 is 28.2. The molecule has 0 atom stereocenters. The summed E-state index contributed by atoms with van der Waals surface area (Å²) in [4.78, 5) is 10.8. The summed E-state index contributed by atoms with van der Waals surface area (Å²) in [6, 6.07) is 10.7. The van der Waals surface area contributed by atoms with E-state index in [0.29, 0.717) is 11.6 Å². The van der Waals surface area contributed by atoms with Crippen molar-refractivity contribution in [1.82, 2.24) is 13.9 Å². The van der Waals surface area contributed by atoms with Crippen molar-refractivity contribution in [2.75, 3.05) is 0 Å². The molecule has 0 unspecified atom stereocenters. The molecule has 31 heavy (non-hydrogen) atoms. The Labute approximate surface area is 186 Å². The summed E-state index contributed by atoms with van der Waals surface area (Å²) in [6.07, 6.45) is 9.68. The lowest BCUT2D eigenvalue weighted by Crippen LogP contribution is -2.12. The van der Waals surface area contributed by atoms with Crippen LogP contribution in [0.1, 0.15) is 54.2 Å². The van der Waals surface area contributed by atoms with Gasteiger partial charge in [0.25, 0.3) is 10.0 Å². The van der Waals surface area contributed by atoms with Crippen molar-refractivity contribution in [3.63, 3.8) is 0 Å². The maximum absolute atomic E-state index is 13.5. The van der Waals surface area contributed by atoms with Gasteiger partial charge in [0.1, 0.15) is 5.01 Å². The summed E-state index contributed by atoms with van der Waals surface area (Å²) in [5.41, 5.74) is 3.47. The molecule has 1 aromatic carbocycles. The second kappa shape index (κ2) is 7.88. The van der Waals surface area contributed by atoms with Crippen LogP contribution in [-0.2, 0) is 10.0 Å². The second-order valence-electron chi connectivity index (χ2n) is 8.29. The quantitative estimate of drug-likeness (QED) is 0.378. The second-order valence-corrected chi connectivity index (χ2v) is 11.3.